The second-order valence-electron chi connectivity index (χ2n) is 4.22. The number of aryl methyl sites for hydroxylation is 1. The molecule has 0 spiro atoms. The molecule has 0 amide bonds. The molecule has 1 saturated heterocycles. The number of hydrogen-bond acceptors (Lipinski definition) is 3. The predicted octanol–water partition coefficient (Wildman–Crippen LogP) is 1.16. The normalized spacial score (nSPS) is 17.7. The first-order chi connectivity index (χ1) is 8.49. The van der Waals surface area contributed by atoms with Crippen LogP contribution < -0.4 is 10.0 Å². The molecule has 1 aromatic carbocycles. The molecular weight excluding hydrogens is 365 g/mol. The number of nitrogens with zero attached hydrogens (tertiary/aromatic N) is 1. The van der Waals surface area contributed by atoms with E-state index >= 15 is 0 Å². The van der Waals surface area contributed by atoms with Crippen molar-refractivity contribution in [2.24, 2.45) is 0 Å². The number of rotatable bonds is 3. The molecule has 1 fully saturated rings. The van der Waals surface area contributed by atoms with Gasteiger partial charge in [0.1, 0.15) is 0 Å². The van der Waals surface area contributed by atoms with E-state index in [4.69, 9.17) is 0 Å². The molecule has 2 N–H and O–H groups in total. The molecule has 0 bridgehead atoms. The van der Waals surface area contributed by atoms with Crippen LogP contribution in [0, 0.1) is 10.5 Å². The first-order valence-electron chi connectivity index (χ1n) is 5.74. The third kappa shape index (κ3) is 3.34. The van der Waals surface area contributed by atoms with E-state index < -0.39 is 10.2 Å². The summed E-state index contributed by atoms with van der Waals surface area (Å²) in [6, 6.07) is 5.55. The number of piperazine rings is 1. The van der Waals surface area contributed by atoms with Crippen LogP contribution in [0.15, 0.2) is 18.2 Å². The van der Waals surface area contributed by atoms with Crippen LogP contribution in [0.25, 0.3) is 0 Å². The van der Waals surface area contributed by atoms with Crippen molar-refractivity contribution in [3.05, 3.63) is 27.3 Å². The minimum Gasteiger partial charge on any atom is -0.314 e. The van der Waals surface area contributed by atoms with Gasteiger partial charge in [0, 0.05) is 29.7 Å². The van der Waals surface area contributed by atoms with Crippen LogP contribution in [0.4, 0.5) is 5.69 Å². The molecule has 1 aliphatic heterocycles. The summed E-state index contributed by atoms with van der Waals surface area (Å²) in [4.78, 5) is 0. The fraction of sp³-hybridized carbons (Fsp3) is 0.455. The van der Waals surface area contributed by atoms with Crippen molar-refractivity contribution in [2.45, 2.75) is 6.92 Å². The Balaban J connectivity index is 2.13. The van der Waals surface area contributed by atoms with Crippen LogP contribution in [0.2, 0.25) is 0 Å². The highest BCUT2D eigenvalue weighted by Crippen LogP contribution is 2.19. The fourth-order valence-corrected chi connectivity index (χ4v) is 3.49. The summed E-state index contributed by atoms with van der Waals surface area (Å²) < 4.78 is 29.4. The van der Waals surface area contributed by atoms with Crippen molar-refractivity contribution in [1.82, 2.24) is 9.62 Å². The average molecular weight is 381 g/mol. The summed E-state index contributed by atoms with van der Waals surface area (Å²) in [5, 5.41) is 3.13. The van der Waals surface area contributed by atoms with Gasteiger partial charge in [0.15, 0.2) is 0 Å². The van der Waals surface area contributed by atoms with Crippen LogP contribution in [-0.2, 0) is 10.2 Å². The first kappa shape index (κ1) is 14.0. The van der Waals surface area contributed by atoms with Gasteiger partial charge in [-0.05, 0) is 47.2 Å². The van der Waals surface area contributed by atoms with Gasteiger partial charge in [-0.25, -0.2) is 0 Å². The molecule has 1 aromatic rings. The van der Waals surface area contributed by atoms with E-state index in [1.165, 1.54) is 4.31 Å². The van der Waals surface area contributed by atoms with E-state index in [0.29, 0.717) is 31.9 Å². The zero-order chi connectivity index (χ0) is 13.2. The Kier molecular flexibility index (Phi) is 4.46. The lowest BCUT2D eigenvalue weighted by molar-refractivity contribution is 0.362. The molecule has 100 valence electrons. The van der Waals surface area contributed by atoms with E-state index in [0.717, 1.165) is 9.13 Å². The third-order valence-electron chi connectivity index (χ3n) is 2.83. The van der Waals surface area contributed by atoms with Gasteiger partial charge in [-0.1, -0.05) is 6.07 Å². The standard InChI is InChI=1S/C11H16IN3O2S/c1-9-2-3-10(8-11(9)12)14-18(16,17)15-6-4-13-5-7-15/h2-3,8,13-14H,4-7H2,1H3. The van der Waals surface area contributed by atoms with Crippen molar-refractivity contribution >= 4 is 38.5 Å². The Hall–Kier alpha value is -0.380. The quantitative estimate of drug-likeness (QED) is 0.773. The fourth-order valence-electron chi connectivity index (χ4n) is 1.75. The predicted molar refractivity (Wildman–Crippen MR) is 80.9 cm³/mol. The number of nitrogens with one attached hydrogen (secondary N) is 2. The Morgan fingerprint density at radius 1 is 1.33 bits per heavy atom. The third-order valence-corrected chi connectivity index (χ3v) is 5.54. The first-order valence-corrected chi connectivity index (χ1v) is 8.26. The maximum absolute atomic E-state index is 12.1. The monoisotopic (exact) mass is 381 g/mol. The molecule has 0 radical (unpaired) electrons. The molecule has 0 atom stereocenters. The lowest BCUT2D eigenvalue weighted by Crippen LogP contribution is -2.48. The topological polar surface area (TPSA) is 61.4 Å². The Labute approximate surface area is 121 Å². The zero-order valence-corrected chi connectivity index (χ0v) is 13.1. The van der Waals surface area contributed by atoms with Crippen molar-refractivity contribution in [3.63, 3.8) is 0 Å². The van der Waals surface area contributed by atoms with Crippen LogP contribution in [0.3, 0.4) is 0 Å². The van der Waals surface area contributed by atoms with Gasteiger partial charge in [-0.2, -0.15) is 12.7 Å². The minimum atomic E-state index is -3.43. The highest BCUT2D eigenvalue weighted by atomic mass is 127. The molecule has 1 aliphatic rings. The SMILES string of the molecule is Cc1ccc(NS(=O)(=O)N2CCNCC2)cc1I. The summed E-state index contributed by atoms with van der Waals surface area (Å²) in [5.41, 5.74) is 1.75. The molecule has 18 heavy (non-hydrogen) atoms. The van der Waals surface area contributed by atoms with Gasteiger partial charge in [-0.15, -0.1) is 0 Å². The molecule has 2 rings (SSSR count). The zero-order valence-electron chi connectivity index (χ0n) is 10.1. The van der Waals surface area contributed by atoms with Crippen molar-refractivity contribution < 1.29 is 8.42 Å². The van der Waals surface area contributed by atoms with E-state index in [1.807, 2.05) is 19.1 Å². The highest BCUT2D eigenvalue weighted by Gasteiger charge is 2.23. The van der Waals surface area contributed by atoms with Gasteiger partial charge < -0.3 is 5.32 Å². The molecule has 0 saturated carbocycles. The van der Waals surface area contributed by atoms with Gasteiger partial charge >= 0.3 is 10.2 Å². The Morgan fingerprint density at radius 2 is 2.00 bits per heavy atom. The van der Waals surface area contributed by atoms with Crippen molar-refractivity contribution in [2.75, 3.05) is 30.9 Å². The Morgan fingerprint density at radius 3 is 2.61 bits per heavy atom. The maximum atomic E-state index is 12.1. The second-order valence-corrected chi connectivity index (χ2v) is 7.05. The van der Waals surface area contributed by atoms with Gasteiger partial charge in [-0.3, -0.25) is 4.72 Å². The van der Waals surface area contributed by atoms with E-state index in [1.54, 1.807) is 6.07 Å². The number of halogens is 1. The lowest BCUT2D eigenvalue weighted by atomic mass is 10.2. The van der Waals surface area contributed by atoms with Crippen LogP contribution in [-0.4, -0.2) is 38.9 Å². The lowest BCUT2D eigenvalue weighted by Gasteiger charge is -2.26. The number of hydrogen-bond donors (Lipinski definition) is 2. The smallest absolute Gasteiger partial charge is 0.301 e. The average Bonchev–Trinajstić information content (AvgIpc) is 2.35. The van der Waals surface area contributed by atoms with Gasteiger partial charge in [0.05, 0.1) is 5.69 Å². The molecule has 7 heteroatoms. The molecule has 0 unspecified atom stereocenters. The Bertz CT molecular complexity index is 527. The van der Waals surface area contributed by atoms with E-state index in [-0.39, 0.29) is 0 Å². The van der Waals surface area contributed by atoms with Crippen molar-refractivity contribution in [1.29, 1.82) is 0 Å². The highest BCUT2D eigenvalue weighted by molar-refractivity contribution is 14.1. The molecule has 0 aliphatic carbocycles. The number of anilines is 1. The van der Waals surface area contributed by atoms with Crippen molar-refractivity contribution in [3.8, 4) is 0 Å². The van der Waals surface area contributed by atoms with E-state index in [2.05, 4.69) is 32.6 Å². The summed E-state index contributed by atoms with van der Waals surface area (Å²) in [6.45, 7) is 4.42. The van der Waals surface area contributed by atoms with Gasteiger partial charge in [0.2, 0.25) is 0 Å². The summed E-state index contributed by atoms with van der Waals surface area (Å²) >= 11 is 2.20. The van der Waals surface area contributed by atoms with E-state index in [9.17, 15) is 8.42 Å². The van der Waals surface area contributed by atoms with Crippen LogP contribution in [0.5, 0.6) is 0 Å². The molecular formula is C11H16IN3O2S. The van der Waals surface area contributed by atoms with Crippen LogP contribution in [0.1, 0.15) is 5.56 Å². The number of benzene rings is 1. The summed E-state index contributed by atoms with van der Waals surface area (Å²) in [6.07, 6.45) is 0. The second kappa shape index (κ2) is 5.72. The summed E-state index contributed by atoms with van der Waals surface area (Å²) in [7, 11) is -3.43. The maximum Gasteiger partial charge on any atom is 0.301 e. The summed E-state index contributed by atoms with van der Waals surface area (Å²) in [5.74, 6) is 0. The van der Waals surface area contributed by atoms with Gasteiger partial charge in [0.25, 0.3) is 0 Å². The molecule has 1 heterocycles. The minimum absolute atomic E-state index is 0.512. The van der Waals surface area contributed by atoms with Crippen LogP contribution >= 0.6 is 22.6 Å². The largest absolute Gasteiger partial charge is 0.314 e. The molecule has 0 aromatic heterocycles. The molecule has 5 nitrogen and oxygen atoms in total.